The summed E-state index contributed by atoms with van der Waals surface area (Å²) in [6.45, 7) is 7.28. The molecule has 0 spiro atoms. The fourth-order valence-electron chi connectivity index (χ4n) is 5.53. The van der Waals surface area contributed by atoms with Crippen molar-refractivity contribution in [2.45, 2.75) is 51.4 Å². The summed E-state index contributed by atoms with van der Waals surface area (Å²) in [6.07, 6.45) is 4.79. The van der Waals surface area contributed by atoms with Crippen molar-refractivity contribution in [3.8, 4) is 28.0 Å². The van der Waals surface area contributed by atoms with E-state index in [-0.39, 0.29) is 17.9 Å². The Morgan fingerprint density at radius 2 is 1.68 bits per heavy atom. The number of ether oxygens (including phenoxy) is 3. The first-order valence-corrected chi connectivity index (χ1v) is 14.6. The molecule has 0 radical (unpaired) electrons. The minimum atomic E-state index is -0.701. The second-order valence-corrected chi connectivity index (χ2v) is 12.1. The van der Waals surface area contributed by atoms with Gasteiger partial charge in [-0.15, -0.1) is 0 Å². The number of benzene rings is 2. The third-order valence-electron chi connectivity index (χ3n) is 7.60. The highest BCUT2D eigenvalue weighted by Crippen LogP contribution is 2.41. The molecule has 11 heteroatoms. The van der Waals surface area contributed by atoms with Gasteiger partial charge in [0.15, 0.2) is 11.6 Å². The van der Waals surface area contributed by atoms with Gasteiger partial charge in [0.1, 0.15) is 23.3 Å². The van der Waals surface area contributed by atoms with E-state index in [0.717, 1.165) is 18.0 Å². The Balaban J connectivity index is 1.40. The number of nitrogens with one attached hydrogen (secondary N) is 1. The van der Waals surface area contributed by atoms with E-state index in [0.29, 0.717) is 72.3 Å². The Hall–Kier alpha value is -4.38. The van der Waals surface area contributed by atoms with Gasteiger partial charge in [-0.3, -0.25) is 9.97 Å². The number of fused-ring (bicyclic) bond motifs is 1. The lowest BCUT2D eigenvalue weighted by Crippen LogP contribution is -2.46. The molecule has 1 amide bonds. The van der Waals surface area contributed by atoms with Crippen molar-refractivity contribution < 1.29 is 32.2 Å². The van der Waals surface area contributed by atoms with E-state index in [4.69, 9.17) is 14.2 Å². The van der Waals surface area contributed by atoms with Crippen molar-refractivity contribution in [2.75, 3.05) is 31.2 Å². The minimum absolute atomic E-state index is 0.0829. The molecule has 8 nitrogen and oxygen atoms in total. The lowest BCUT2D eigenvalue weighted by Gasteiger charge is -2.36. The van der Waals surface area contributed by atoms with Gasteiger partial charge in [-0.2, -0.15) is 0 Å². The average Bonchev–Trinajstić information content (AvgIpc) is 2.93. The lowest BCUT2D eigenvalue weighted by atomic mass is 9.96. The maximum atomic E-state index is 15.0. The molecule has 2 saturated heterocycles. The molecule has 2 fully saturated rings. The second kappa shape index (κ2) is 12.0. The van der Waals surface area contributed by atoms with Gasteiger partial charge in [-0.1, -0.05) is 6.07 Å². The number of aromatic nitrogens is 2. The first-order chi connectivity index (χ1) is 21.0. The predicted molar refractivity (Wildman–Crippen MR) is 160 cm³/mol. The van der Waals surface area contributed by atoms with Gasteiger partial charge in [-0.25, -0.2) is 18.0 Å². The Morgan fingerprint density at radius 1 is 0.955 bits per heavy atom. The number of carbonyl (C=O) groups excluding carboxylic acids is 1. The van der Waals surface area contributed by atoms with Gasteiger partial charge < -0.3 is 24.4 Å². The van der Waals surface area contributed by atoms with Crippen molar-refractivity contribution in [3.63, 3.8) is 0 Å². The van der Waals surface area contributed by atoms with Crippen LogP contribution < -0.4 is 15.0 Å². The summed E-state index contributed by atoms with van der Waals surface area (Å²) >= 11 is 0. The zero-order valence-corrected chi connectivity index (χ0v) is 24.7. The number of alkyl carbamates (subject to hydrolysis) is 1. The highest BCUT2D eigenvalue weighted by atomic mass is 19.1. The largest absolute Gasteiger partial charge is 0.482 e. The molecule has 0 unspecified atom stereocenters. The number of nitrogens with zero attached hydrogens (tertiary/aromatic N) is 3. The zero-order valence-electron chi connectivity index (χ0n) is 24.7. The number of halogens is 3. The molecule has 0 aliphatic carbocycles. The van der Waals surface area contributed by atoms with Crippen LogP contribution in [0.4, 0.5) is 23.7 Å². The van der Waals surface area contributed by atoms with Crippen LogP contribution in [0.25, 0.3) is 33.2 Å². The standard InChI is InChI=1S/C33H33F3N4O4/c1-33(2,3)44-32(41)39-23-6-8-40(9-7-23)30-25-12-19(27-14-37-16-28(36)31(27)43-24-17-42-18-24)4-5-29(25)38-15-26(30)20-10-21(34)13-22(35)11-20/h4-5,10-16,23-24H,6-9,17-18H2,1-3H3,(H,39,41). The van der Waals surface area contributed by atoms with Gasteiger partial charge >= 0.3 is 6.09 Å². The molecule has 230 valence electrons. The molecular weight excluding hydrogens is 573 g/mol. The van der Waals surface area contributed by atoms with Crippen molar-refractivity contribution >= 4 is 22.7 Å². The van der Waals surface area contributed by atoms with Gasteiger partial charge in [-0.05, 0) is 69.0 Å². The number of carbonyl (C=O) groups is 1. The Kier molecular flexibility index (Phi) is 8.06. The lowest BCUT2D eigenvalue weighted by molar-refractivity contribution is -0.0806. The van der Waals surface area contributed by atoms with E-state index >= 15 is 0 Å². The summed E-state index contributed by atoms with van der Waals surface area (Å²) in [4.78, 5) is 23.2. The number of anilines is 1. The molecule has 4 aromatic rings. The van der Waals surface area contributed by atoms with Crippen molar-refractivity contribution in [1.82, 2.24) is 15.3 Å². The van der Waals surface area contributed by atoms with E-state index in [1.54, 1.807) is 12.4 Å². The monoisotopic (exact) mass is 606 g/mol. The number of amides is 1. The Labute approximate surface area is 253 Å². The maximum Gasteiger partial charge on any atom is 0.407 e. The van der Waals surface area contributed by atoms with Crippen molar-refractivity contribution in [1.29, 1.82) is 0 Å². The molecule has 1 N–H and O–H groups in total. The van der Waals surface area contributed by atoms with Crippen molar-refractivity contribution in [3.05, 3.63) is 72.4 Å². The van der Waals surface area contributed by atoms with Crippen LogP contribution in [0.15, 0.2) is 55.0 Å². The van der Waals surface area contributed by atoms with Gasteiger partial charge in [0.05, 0.1) is 30.6 Å². The fraction of sp³-hybridized carbons (Fsp3) is 0.364. The van der Waals surface area contributed by atoms with Crippen LogP contribution in [0, 0.1) is 17.5 Å². The molecule has 6 rings (SSSR count). The summed E-state index contributed by atoms with van der Waals surface area (Å²) in [5.41, 5.74) is 2.77. The normalized spacial score (nSPS) is 16.1. The molecule has 0 saturated carbocycles. The average molecular weight is 607 g/mol. The summed E-state index contributed by atoms with van der Waals surface area (Å²) in [5.74, 6) is -1.91. The van der Waals surface area contributed by atoms with E-state index in [1.807, 2.05) is 39.0 Å². The van der Waals surface area contributed by atoms with Gasteiger partial charge in [0.25, 0.3) is 0 Å². The number of piperidine rings is 1. The zero-order chi connectivity index (χ0) is 31.0. The maximum absolute atomic E-state index is 15.0. The molecule has 44 heavy (non-hydrogen) atoms. The molecule has 2 aromatic heterocycles. The third-order valence-corrected chi connectivity index (χ3v) is 7.60. The van der Waals surface area contributed by atoms with E-state index in [9.17, 15) is 18.0 Å². The van der Waals surface area contributed by atoms with E-state index in [1.165, 1.54) is 12.1 Å². The van der Waals surface area contributed by atoms with Crippen LogP contribution in [-0.4, -0.2) is 60.1 Å². The molecule has 2 aliphatic rings. The second-order valence-electron chi connectivity index (χ2n) is 12.1. The van der Waals surface area contributed by atoms with Crippen molar-refractivity contribution in [2.24, 2.45) is 0 Å². The first kappa shape index (κ1) is 29.7. The highest BCUT2D eigenvalue weighted by Gasteiger charge is 2.28. The minimum Gasteiger partial charge on any atom is -0.482 e. The van der Waals surface area contributed by atoms with Gasteiger partial charge in [0, 0.05) is 54.1 Å². The number of pyridine rings is 2. The third kappa shape index (κ3) is 6.42. The molecule has 0 bridgehead atoms. The topological polar surface area (TPSA) is 85.8 Å². The molecule has 2 aliphatic heterocycles. The number of hydrogen-bond acceptors (Lipinski definition) is 7. The van der Waals surface area contributed by atoms with Crippen LogP contribution >= 0.6 is 0 Å². The molecule has 0 atom stereocenters. The summed E-state index contributed by atoms with van der Waals surface area (Å²) < 4.78 is 60.3. The number of rotatable bonds is 6. The quantitative estimate of drug-likeness (QED) is 0.263. The molecule has 4 heterocycles. The SMILES string of the molecule is CC(C)(C)OC(=O)NC1CCN(c2c(-c3cc(F)cc(F)c3)cnc3ccc(-c4cncc(F)c4OC4COC4)cc23)CC1. The summed E-state index contributed by atoms with van der Waals surface area (Å²) in [5, 5.41) is 3.66. The fourth-order valence-corrected chi connectivity index (χ4v) is 5.53. The Bertz CT molecular complexity index is 1680. The number of hydrogen-bond donors (Lipinski definition) is 1. The molecular formula is C33H33F3N4O4. The summed E-state index contributed by atoms with van der Waals surface area (Å²) in [7, 11) is 0. The van der Waals surface area contributed by atoms with E-state index in [2.05, 4.69) is 20.2 Å². The Morgan fingerprint density at radius 3 is 2.34 bits per heavy atom. The van der Waals surface area contributed by atoms with Crippen LogP contribution in [0.3, 0.4) is 0 Å². The van der Waals surface area contributed by atoms with Crippen LogP contribution in [0.1, 0.15) is 33.6 Å². The van der Waals surface area contributed by atoms with Crippen LogP contribution in [0.5, 0.6) is 5.75 Å². The summed E-state index contributed by atoms with van der Waals surface area (Å²) in [6, 6.07) is 8.80. The smallest absolute Gasteiger partial charge is 0.407 e. The molecule has 2 aromatic carbocycles. The van der Waals surface area contributed by atoms with Crippen LogP contribution in [-0.2, 0) is 9.47 Å². The van der Waals surface area contributed by atoms with E-state index < -0.39 is 29.1 Å². The van der Waals surface area contributed by atoms with Gasteiger partial charge in [0.2, 0.25) is 0 Å². The first-order valence-electron chi connectivity index (χ1n) is 14.6. The predicted octanol–water partition coefficient (Wildman–Crippen LogP) is 6.65. The highest BCUT2D eigenvalue weighted by molar-refractivity contribution is 6.02. The van der Waals surface area contributed by atoms with Crippen LogP contribution in [0.2, 0.25) is 0 Å².